The van der Waals surface area contributed by atoms with Crippen LogP contribution in [0, 0.1) is 0 Å². The molecule has 160 valence electrons. The van der Waals surface area contributed by atoms with E-state index in [4.69, 9.17) is 16.3 Å². The zero-order valence-electron chi connectivity index (χ0n) is 17.0. The maximum Gasteiger partial charge on any atom is 0.271 e. The summed E-state index contributed by atoms with van der Waals surface area (Å²) < 4.78 is 6.10. The fraction of sp³-hybridized carbons (Fsp3) is 0.0417. The van der Waals surface area contributed by atoms with Crippen LogP contribution in [0.15, 0.2) is 77.9 Å². The molecule has 0 saturated carbocycles. The van der Waals surface area contributed by atoms with Crippen molar-refractivity contribution in [1.82, 2.24) is 5.43 Å². The number of ether oxygens (including phenoxy) is 1. The number of halogens is 1. The second-order valence-electron chi connectivity index (χ2n) is 6.75. The van der Waals surface area contributed by atoms with Gasteiger partial charge in [0.1, 0.15) is 10.6 Å². The molecule has 0 unspecified atom stereocenters. The Morgan fingerprint density at radius 2 is 1.78 bits per heavy atom. The van der Waals surface area contributed by atoms with Crippen molar-refractivity contribution in [2.75, 3.05) is 12.4 Å². The molecule has 0 fully saturated rings. The lowest BCUT2D eigenvalue weighted by atomic mass is 10.2. The molecule has 1 aromatic heterocycles. The van der Waals surface area contributed by atoms with Crippen molar-refractivity contribution < 1.29 is 14.3 Å². The van der Waals surface area contributed by atoms with Crippen LogP contribution in [-0.4, -0.2) is 25.1 Å². The van der Waals surface area contributed by atoms with Crippen molar-refractivity contribution >= 4 is 56.7 Å². The van der Waals surface area contributed by atoms with Crippen LogP contribution in [0.1, 0.15) is 25.6 Å². The van der Waals surface area contributed by atoms with Crippen LogP contribution in [0.2, 0.25) is 5.02 Å². The highest BCUT2D eigenvalue weighted by atomic mass is 35.5. The Labute approximate surface area is 193 Å². The van der Waals surface area contributed by atoms with Gasteiger partial charge in [0.25, 0.3) is 11.8 Å². The third kappa shape index (κ3) is 4.80. The van der Waals surface area contributed by atoms with E-state index in [9.17, 15) is 9.59 Å². The number of nitrogens with zero attached hydrogens (tertiary/aromatic N) is 1. The predicted molar refractivity (Wildman–Crippen MR) is 129 cm³/mol. The molecule has 0 saturated heterocycles. The highest BCUT2D eigenvalue weighted by Gasteiger charge is 2.17. The highest BCUT2D eigenvalue weighted by Crippen LogP contribution is 2.35. The van der Waals surface area contributed by atoms with E-state index in [-0.39, 0.29) is 11.8 Å². The molecule has 0 bridgehead atoms. The molecule has 0 aliphatic carbocycles. The van der Waals surface area contributed by atoms with Gasteiger partial charge in [-0.3, -0.25) is 9.59 Å². The summed E-state index contributed by atoms with van der Waals surface area (Å²) >= 11 is 7.71. The number of benzene rings is 3. The Bertz CT molecular complexity index is 1320. The van der Waals surface area contributed by atoms with Crippen molar-refractivity contribution in [3.05, 3.63) is 93.8 Å². The minimum Gasteiger partial charge on any atom is -0.497 e. The van der Waals surface area contributed by atoms with Gasteiger partial charge in [-0.25, -0.2) is 5.43 Å². The summed E-state index contributed by atoms with van der Waals surface area (Å²) in [6, 6.07) is 21.4. The smallest absolute Gasteiger partial charge is 0.271 e. The van der Waals surface area contributed by atoms with E-state index in [0.717, 1.165) is 15.6 Å². The molecule has 8 heteroatoms. The summed E-state index contributed by atoms with van der Waals surface area (Å²) in [4.78, 5) is 25.4. The number of carbonyl (C=O) groups excluding carboxylic acids is 2. The molecule has 6 nitrogen and oxygen atoms in total. The van der Waals surface area contributed by atoms with E-state index in [1.807, 2.05) is 42.5 Å². The monoisotopic (exact) mass is 463 g/mol. The lowest BCUT2D eigenvalue weighted by Gasteiger charge is -2.05. The lowest BCUT2D eigenvalue weighted by Crippen LogP contribution is -2.17. The minimum absolute atomic E-state index is 0.295. The number of methoxy groups -OCH3 is 1. The first-order valence-corrected chi connectivity index (χ1v) is 10.8. The normalized spacial score (nSPS) is 10.9. The molecule has 0 aliphatic rings. The third-order valence-corrected chi connectivity index (χ3v) is 6.29. The van der Waals surface area contributed by atoms with Crippen molar-refractivity contribution in [2.24, 2.45) is 5.10 Å². The quantitative estimate of drug-likeness (QED) is 0.289. The number of thiophene rings is 1. The Hall–Kier alpha value is -3.68. The zero-order valence-corrected chi connectivity index (χ0v) is 18.5. The van der Waals surface area contributed by atoms with Crippen molar-refractivity contribution in [3.63, 3.8) is 0 Å². The van der Waals surface area contributed by atoms with Crippen LogP contribution in [0.4, 0.5) is 5.69 Å². The van der Waals surface area contributed by atoms with Gasteiger partial charge in [-0.15, -0.1) is 11.3 Å². The number of amides is 2. The average molecular weight is 464 g/mol. The van der Waals surface area contributed by atoms with Gasteiger partial charge in [0.2, 0.25) is 0 Å². The van der Waals surface area contributed by atoms with Gasteiger partial charge in [-0.05, 0) is 48.0 Å². The number of anilines is 1. The van der Waals surface area contributed by atoms with Gasteiger partial charge in [-0.2, -0.15) is 5.10 Å². The van der Waals surface area contributed by atoms with Gasteiger partial charge in [0, 0.05) is 21.3 Å². The van der Waals surface area contributed by atoms with Crippen LogP contribution in [0.3, 0.4) is 0 Å². The molecule has 4 rings (SSSR count). The molecule has 32 heavy (non-hydrogen) atoms. The maximum absolute atomic E-state index is 12.7. The molecule has 4 aromatic rings. The fourth-order valence-electron chi connectivity index (χ4n) is 3.00. The largest absolute Gasteiger partial charge is 0.497 e. The van der Waals surface area contributed by atoms with Gasteiger partial charge < -0.3 is 10.1 Å². The standard InChI is InChI=1S/C24H18ClN3O3S/c1-31-18-6-4-5-15(13-18)14-26-28-23(29)16-9-11-17(12-10-16)27-24(30)22-21(25)19-7-2-3-8-20(19)32-22/h2-14H,1H3,(H,27,30)(H,28,29)/b26-14-. The first kappa shape index (κ1) is 21.5. The molecular formula is C24H18ClN3O3S. The summed E-state index contributed by atoms with van der Waals surface area (Å²) in [5.41, 5.74) is 4.24. The lowest BCUT2D eigenvalue weighted by molar-refractivity contribution is 0.0954. The fourth-order valence-corrected chi connectivity index (χ4v) is 4.42. The molecule has 2 amide bonds. The van der Waals surface area contributed by atoms with Crippen LogP contribution < -0.4 is 15.5 Å². The SMILES string of the molecule is COc1cccc(/C=N\NC(=O)c2ccc(NC(=O)c3sc4ccccc4c3Cl)cc2)c1. The van der Waals surface area contributed by atoms with Gasteiger partial charge in [0.05, 0.1) is 18.3 Å². The Morgan fingerprint density at radius 1 is 1.00 bits per heavy atom. The van der Waals surface area contributed by atoms with Crippen LogP contribution in [0.25, 0.3) is 10.1 Å². The molecule has 0 aliphatic heterocycles. The second-order valence-corrected chi connectivity index (χ2v) is 8.18. The number of rotatable bonds is 6. The average Bonchev–Trinajstić information content (AvgIpc) is 3.16. The summed E-state index contributed by atoms with van der Waals surface area (Å²) in [5, 5.41) is 8.08. The highest BCUT2D eigenvalue weighted by molar-refractivity contribution is 7.21. The molecular weight excluding hydrogens is 446 g/mol. The van der Waals surface area contributed by atoms with Crippen LogP contribution in [-0.2, 0) is 0 Å². The Balaban J connectivity index is 1.38. The second kappa shape index (κ2) is 9.64. The molecule has 0 radical (unpaired) electrons. The van der Waals surface area contributed by atoms with Gasteiger partial charge in [0.15, 0.2) is 0 Å². The number of hydrogen-bond acceptors (Lipinski definition) is 5. The summed E-state index contributed by atoms with van der Waals surface area (Å²) in [7, 11) is 1.58. The first-order valence-electron chi connectivity index (χ1n) is 9.61. The molecule has 0 atom stereocenters. The zero-order chi connectivity index (χ0) is 22.5. The molecule has 1 heterocycles. The first-order chi connectivity index (χ1) is 15.5. The number of hydrogen-bond donors (Lipinski definition) is 2. The summed E-state index contributed by atoms with van der Waals surface area (Å²) in [6.07, 6.45) is 1.53. The molecule has 0 spiro atoms. The number of carbonyl (C=O) groups is 2. The maximum atomic E-state index is 12.7. The summed E-state index contributed by atoms with van der Waals surface area (Å²) in [6.45, 7) is 0. The van der Waals surface area contributed by atoms with E-state index in [2.05, 4.69) is 15.8 Å². The van der Waals surface area contributed by atoms with Gasteiger partial charge >= 0.3 is 0 Å². The van der Waals surface area contributed by atoms with Crippen molar-refractivity contribution in [1.29, 1.82) is 0 Å². The predicted octanol–water partition coefficient (Wildman–Crippen LogP) is 5.58. The number of fused-ring (bicyclic) bond motifs is 1. The van der Waals surface area contributed by atoms with Crippen molar-refractivity contribution in [3.8, 4) is 5.75 Å². The number of nitrogens with one attached hydrogen (secondary N) is 2. The summed E-state index contributed by atoms with van der Waals surface area (Å²) in [5.74, 6) is 0.0423. The van der Waals surface area contributed by atoms with E-state index in [0.29, 0.717) is 26.9 Å². The van der Waals surface area contributed by atoms with Crippen LogP contribution in [0.5, 0.6) is 5.75 Å². The van der Waals surface area contributed by atoms with E-state index >= 15 is 0 Å². The Morgan fingerprint density at radius 3 is 2.53 bits per heavy atom. The third-order valence-electron chi connectivity index (χ3n) is 4.62. The Kier molecular flexibility index (Phi) is 6.49. The van der Waals surface area contributed by atoms with Gasteiger partial charge in [-0.1, -0.05) is 41.9 Å². The molecule has 3 aromatic carbocycles. The molecule has 2 N–H and O–H groups in total. The minimum atomic E-state index is -0.366. The van der Waals surface area contributed by atoms with E-state index in [1.165, 1.54) is 17.6 Å². The van der Waals surface area contributed by atoms with Crippen LogP contribution >= 0.6 is 22.9 Å². The topological polar surface area (TPSA) is 79.8 Å². The number of hydrazone groups is 1. The van der Waals surface area contributed by atoms with Crippen molar-refractivity contribution in [2.45, 2.75) is 0 Å². The van der Waals surface area contributed by atoms with E-state index in [1.54, 1.807) is 37.4 Å². The van der Waals surface area contributed by atoms with E-state index < -0.39 is 0 Å².